The van der Waals surface area contributed by atoms with E-state index in [0.29, 0.717) is 0 Å². The maximum absolute atomic E-state index is 9.22. The number of rotatable bonds is 2. The molecule has 0 aromatic carbocycles. The van der Waals surface area contributed by atoms with Gasteiger partial charge in [0.25, 0.3) is 0 Å². The van der Waals surface area contributed by atoms with Crippen LogP contribution >= 0.6 is 0 Å². The molecule has 0 aromatic rings. The predicted molar refractivity (Wildman–Crippen MR) is 42.9 cm³/mol. The second-order valence-electron chi connectivity index (χ2n) is 3.02. The van der Waals surface area contributed by atoms with Gasteiger partial charge in [-0.15, -0.1) is 0 Å². The fourth-order valence-corrected chi connectivity index (χ4v) is 1.48. The molecule has 4 nitrogen and oxygen atoms in total. The summed E-state index contributed by atoms with van der Waals surface area (Å²) in [5.41, 5.74) is 0. The minimum atomic E-state index is -0.802. The largest absolute Gasteiger partial charge is 0.378 e. The van der Waals surface area contributed by atoms with Crippen LogP contribution < -0.4 is 0 Å². The van der Waals surface area contributed by atoms with Crippen LogP contribution in [-0.4, -0.2) is 36.5 Å². The highest BCUT2D eigenvalue weighted by Gasteiger charge is 2.24. The smallest absolute Gasteiger partial charge is 0.143 e. The highest BCUT2D eigenvalue weighted by atomic mass is 16.7. The molecule has 0 spiro atoms. The zero-order valence-electron chi connectivity index (χ0n) is 7.23. The lowest BCUT2D eigenvalue weighted by Gasteiger charge is -2.30. The van der Waals surface area contributed by atoms with Crippen LogP contribution in [0.15, 0.2) is 0 Å². The molecular formula is C8H14N2O2. The molecule has 1 aliphatic heterocycles. The Morgan fingerprint density at radius 2 is 2.17 bits per heavy atom. The van der Waals surface area contributed by atoms with Crippen LogP contribution in [0.5, 0.6) is 0 Å². The molecule has 1 heterocycles. The molecule has 1 fully saturated rings. The highest BCUT2D eigenvalue weighted by molar-refractivity contribution is 4.89. The molecule has 1 N–H and O–H groups in total. The first kappa shape index (κ1) is 9.46. The van der Waals surface area contributed by atoms with E-state index < -0.39 is 6.10 Å². The van der Waals surface area contributed by atoms with Crippen molar-refractivity contribution in [2.45, 2.75) is 18.9 Å². The topological polar surface area (TPSA) is 56.5 Å². The van der Waals surface area contributed by atoms with Crippen molar-refractivity contribution in [1.29, 1.82) is 5.26 Å². The monoisotopic (exact) mass is 170 g/mol. The van der Waals surface area contributed by atoms with Gasteiger partial charge in [0.2, 0.25) is 0 Å². The molecule has 0 amide bonds. The Morgan fingerprint density at radius 1 is 1.58 bits per heavy atom. The van der Waals surface area contributed by atoms with Crippen LogP contribution in [0.3, 0.4) is 0 Å². The zero-order chi connectivity index (χ0) is 8.97. The summed E-state index contributed by atoms with van der Waals surface area (Å²) >= 11 is 0. The van der Waals surface area contributed by atoms with Gasteiger partial charge in [0.05, 0.1) is 13.2 Å². The summed E-state index contributed by atoms with van der Waals surface area (Å²) in [6.45, 7) is 1.61. The van der Waals surface area contributed by atoms with Crippen LogP contribution in [0, 0.1) is 17.2 Å². The van der Waals surface area contributed by atoms with Crippen LogP contribution in [0.25, 0.3) is 0 Å². The van der Waals surface area contributed by atoms with Gasteiger partial charge in [0.15, 0.2) is 0 Å². The standard InChI is InChI=1S/C8H14N2O2/c1-12-10-4-2-7(3-5-10)8(11)6-9/h7-8,11H,2-5H2,1H3/t8-/m0/s1. The minimum Gasteiger partial charge on any atom is -0.378 e. The first-order chi connectivity index (χ1) is 5.77. The van der Waals surface area contributed by atoms with Gasteiger partial charge in [-0.2, -0.15) is 10.3 Å². The van der Waals surface area contributed by atoms with Gasteiger partial charge >= 0.3 is 0 Å². The molecular weight excluding hydrogens is 156 g/mol. The van der Waals surface area contributed by atoms with Crippen molar-refractivity contribution >= 4 is 0 Å². The number of piperidine rings is 1. The molecule has 0 bridgehead atoms. The van der Waals surface area contributed by atoms with Gasteiger partial charge in [0, 0.05) is 19.0 Å². The molecule has 1 rings (SSSR count). The molecule has 4 heteroatoms. The van der Waals surface area contributed by atoms with Crippen molar-refractivity contribution in [1.82, 2.24) is 5.06 Å². The highest BCUT2D eigenvalue weighted by Crippen LogP contribution is 2.19. The minimum absolute atomic E-state index is 0.126. The Kier molecular flexibility index (Phi) is 3.48. The fraction of sp³-hybridized carbons (Fsp3) is 0.875. The van der Waals surface area contributed by atoms with Crippen LogP contribution in [0.2, 0.25) is 0 Å². The van der Waals surface area contributed by atoms with Gasteiger partial charge in [-0.3, -0.25) is 0 Å². The third-order valence-electron chi connectivity index (χ3n) is 2.34. The fourth-order valence-electron chi connectivity index (χ4n) is 1.48. The Labute approximate surface area is 72.3 Å². The summed E-state index contributed by atoms with van der Waals surface area (Å²) in [4.78, 5) is 5.02. The van der Waals surface area contributed by atoms with E-state index in [2.05, 4.69) is 0 Å². The number of hydrogen-bond donors (Lipinski definition) is 1. The van der Waals surface area contributed by atoms with Crippen molar-refractivity contribution in [3.63, 3.8) is 0 Å². The normalized spacial score (nSPS) is 23.4. The van der Waals surface area contributed by atoms with E-state index in [9.17, 15) is 5.11 Å². The number of nitriles is 1. The van der Waals surface area contributed by atoms with E-state index >= 15 is 0 Å². The molecule has 0 saturated carbocycles. The van der Waals surface area contributed by atoms with Crippen LogP contribution in [-0.2, 0) is 4.84 Å². The predicted octanol–water partition coefficient (Wildman–Crippen LogP) is 0.144. The number of aliphatic hydroxyl groups is 1. The molecule has 0 aliphatic carbocycles. The summed E-state index contributed by atoms with van der Waals surface area (Å²) in [6.07, 6.45) is 0.870. The van der Waals surface area contributed by atoms with Crippen molar-refractivity contribution in [3.8, 4) is 6.07 Å². The molecule has 68 valence electrons. The Balaban J connectivity index is 2.31. The van der Waals surface area contributed by atoms with E-state index in [1.165, 1.54) is 0 Å². The second-order valence-corrected chi connectivity index (χ2v) is 3.02. The molecule has 1 saturated heterocycles. The Hall–Kier alpha value is -0.630. The maximum Gasteiger partial charge on any atom is 0.143 e. The molecule has 12 heavy (non-hydrogen) atoms. The van der Waals surface area contributed by atoms with Gasteiger partial charge in [0.1, 0.15) is 6.10 Å². The molecule has 0 unspecified atom stereocenters. The van der Waals surface area contributed by atoms with E-state index in [1.807, 2.05) is 11.1 Å². The summed E-state index contributed by atoms with van der Waals surface area (Å²) < 4.78 is 0. The van der Waals surface area contributed by atoms with E-state index in [-0.39, 0.29) is 5.92 Å². The van der Waals surface area contributed by atoms with Gasteiger partial charge in [-0.05, 0) is 12.8 Å². The van der Waals surface area contributed by atoms with Gasteiger partial charge in [-0.1, -0.05) is 0 Å². The van der Waals surface area contributed by atoms with E-state index in [4.69, 9.17) is 10.1 Å². The molecule has 1 aliphatic rings. The SMILES string of the molecule is CON1CCC([C@@H](O)C#N)CC1. The first-order valence-corrected chi connectivity index (χ1v) is 4.14. The number of aliphatic hydroxyl groups excluding tert-OH is 1. The van der Waals surface area contributed by atoms with Crippen molar-refractivity contribution in [2.24, 2.45) is 5.92 Å². The van der Waals surface area contributed by atoms with Gasteiger partial charge in [-0.25, -0.2) is 0 Å². The van der Waals surface area contributed by atoms with Crippen LogP contribution in [0.4, 0.5) is 0 Å². The summed E-state index contributed by atoms with van der Waals surface area (Å²) in [5, 5.41) is 19.5. The quantitative estimate of drug-likeness (QED) is 0.599. The van der Waals surface area contributed by atoms with E-state index in [0.717, 1.165) is 25.9 Å². The second kappa shape index (κ2) is 4.41. The third kappa shape index (κ3) is 2.18. The molecule has 1 atom stereocenters. The van der Waals surface area contributed by atoms with Gasteiger partial charge < -0.3 is 9.94 Å². The molecule has 0 radical (unpaired) electrons. The summed E-state index contributed by atoms with van der Waals surface area (Å²) in [6, 6.07) is 1.86. The summed E-state index contributed by atoms with van der Waals surface area (Å²) in [5.74, 6) is 0.126. The number of nitrogens with zero attached hydrogens (tertiary/aromatic N) is 2. The maximum atomic E-state index is 9.22. The lowest BCUT2D eigenvalue weighted by atomic mass is 9.93. The zero-order valence-corrected chi connectivity index (χ0v) is 7.23. The van der Waals surface area contributed by atoms with E-state index in [1.54, 1.807) is 7.11 Å². The Bertz CT molecular complexity index is 170. The van der Waals surface area contributed by atoms with Crippen molar-refractivity contribution < 1.29 is 9.94 Å². The number of hydroxylamine groups is 2. The third-order valence-corrected chi connectivity index (χ3v) is 2.34. The molecule has 0 aromatic heterocycles. The number of hydrogen-bond acceptors (Lipinski definition) is 4. The van der Waals surface area contributed by atoms with Crippen LogP contribution in [0.1, 0.15) is 12.8 Å². The Morgan fingerprint density at radius 3 is 2.58 bits per heavy atom. The lowest BCUT2D eigenvalue weighted by Crippen LogP contribution is -2.36. The average Bonchev–Trinajstić information content (AvgIpc) is 2.17. The lowest BCUT2D eigenvalue weighted by molar-refractivity contribution is -0.151. The summed E-state index contributed by atoms with van der Waals surface area (Å²) in [7, 11) is 1.64. The average molecular weight is 170 g/mol. The first-order valence-electron chi connectivity index (χ1n) is 4.14. The van der Waals surface area contributed by atoms with Crippen molar-refractivity contribution in [3.05, 3.63) is 0 Å². The van der Waals surface area contributed by atoms with Crippen molar-refractivity contribution in [2.75, 3.05) is 20.2 Å².